The Kier molecular flexibility index (Phi) is 31.3. The first-order chi connectivity index (χ1) is 49.8. The van der Waals surface area contributed by atoms with Crippen molar-refractivity contribution in [2.45, 2.75) is 63.6 Å². The molecule has 3 aliphatic heterocycles. The molecule has 104 heavy (non-hydrogen) atoms. The SMILES string of the molecule is CC(C)C(NC(=O)CCOCCOCCOCCOCCOCCOCCN1CC=CC1=O)C(=O)NC(CCCNC(N)=O)C(=O)Nc1ccc(COC(=O)N(CC(=O)N2CC(CCl)c3c2cc(OP(=O)(O)O)c2ccccc32)CC(=O)N2CC(CCl)c3c2cc(OP(=O)(O)O)c2ccccc32)cc1. The Bertz CT molecular complexity index is 3800. The minimum Gasteiger partial charge on any atom is -0.445 e. The van der Waals surface area contributed by atoms with Crippen molar-refractivity contribution in [1.82, 2.24) is 25.8 Å². The van der Waals surface area contributed by atoms with Crippen molar-refractivity contribution in [2.24, 2.45) is 11.7 Å². The quantitative estimate of drug-likeness (QED) is 0.0132. The number of halogens is 2. The molecule has 0 saturated heterocycles. The van der Waals surface area contributed by atoms with Crippen LogP contribution in [0.3, 0.4) is 0 Å². The van der Waals surface area contributed by atoms with Gasteiger partial charge in [-0.25, -0.2) is 18.7 Å². The van der Waals surface area contributed by atoms with Gasteiger partial charge in [0.05, 0.1) is 90.7 Å². The number of fused-ring (bicyclic) bond motifs is 6. The summed E-state index contributed by atoms with van der Waals surface area (Å²) in [6, 6.07) is 18.7. The molecule has 3 heterocycles. The maximum absolute atomic E-state index is 14.8. The molecule has 8 rings (SSSR count). The zero-order chi connectivity index (χ0) is 74.9. The van der Waals surface area contributed by atoms with E-state index in [9.17, 15) is 67.1 Å². The average Bonchev–Trinajstić information content (AvgIpc) is 1.57. The van der Waals surface area contributed by atoms with Crippen molar-refractivity contribution in [3.05, 3.63) is 114 Å². The minimum atomic E-state index is -5.15. The summed E-state index contributed by atoms with van der Waals surface area (Å²) in [5.41, 5.74) is 7.33. The molecule has 0 bridgehead atoms. The lowest BCUT2D eigenvalue weighted by atomic mass is 9.95. The molecule has 5 aromatic rings. The molecular weight excluding hydrogens is 1440 g/mol. The van der Waals surface area contributed by atoms with E-state index in [0.29, 0.717) is 111 Å². The third-order valence-electron chi connectivity index (χ3n) is 16.8. The van der Waals surface area contributed by atoms with E-state index in [2.05, 4.69) is 21.3 Å². The van der Waals surface area contributed by atoms with Gasteiger partial charge in [-0.2, -0.15) is 0 Å². The van der Waals surface area contributed by atoms with Crippen LogP contribution in [-0.4, -0.2) is 226 Å². The van der Waals surface area contributed by atoms with E-state index < -0.39 is 107 Å². The van der Waals surface area contributed by atoms with Crippen LogP contribution < -0.4 is 45.8 Å². The van der Waals surface area contributed by atoms with Gasteiger partial charge in [0.2, 0.25) is 35.4 Å². The van der Waals surface area contributed by atoms with Gasteiger partial charge in [-0.05, 0) is 58.4 Å². The summed E-state index contributed by atoms with van der Waals surface area (Å²) < 4.78 is 73.6. The van der Waals surface area contributed by atoms with Gasteiger partial charge < -0.3 is 83.9 Å². The number of benzene rings is 5. The van der Waals surface area contributed by atoms with Crippen molar-refractivity contribution in [3.8, 4) is 11.5 Å². The highest BCUT2D eigenvalue weighted by atomic mass is 35.5. The zero-order valence-corrected chi connectivity index (χ0v) is 60.7. The van der Waals surface area contributed by atoms with E-state index in [1.807, 2.05) is 6.08 Å². The molecule has 36 heteroatoms. The van der Waals surface area contributed by atoms with E-state index in [-0.39, 0.29) is 105 Å². The summed E-state index contributed by atoms with van der Waals surface area (Å²) in [4.78, 5) is 153. The summed E-state index contributed by atoms with van der Waals surface area (Å²) in [6.45, 7) is 6.31. The number of amides is 9. The Morgan fingerprint density at radius 1 is 0.635 bits per heavy atom. The highest BCUT2D eigenvalue weighted by Gasteiger charge is 2.40. The van der Waals surface area contributed by atoms with Crippen LogP contribution in [0.15, 0.2) is 97.1 Å². The van der Waals surface area contributed by atoms with E-state index in [4.69, 9.17) is 71.1 Å². The van der Waals surface area contributed by atoms with Crippen LogP contribution in [0.1, 0.15) is 61.6 Å². The van der Waals surface area contributed by atoms with Crippen LogP contribution in [0.5, 0.6) is 11.5 Å². The third kappa shape index (κ3) is 24.3. The lowest BCUT2D eigenvalue weighted by molar-refractivity contribution is -0.132. The Hall–Kier alpha value is -8.04. The predicted octanol–water partition coefficient (Wildman–Crippen LogP) is 5.51. The summed E-state index contributed by atoms with van der Waals surface area (Å²) in [5.74, 6) is -5.34. The Labute approximate surface area is 609 Å². The molecule has 0 fully saturated rings. The fraction of sp³-hybridized carbons (Fsp3) is 0.471. The highest BCUT2D eigenvalue weighted by Crippen LogP contribution is 2.51. The summed E-state index contributed by atoms with van der Waals surface area (Å²) >= 11 is 13.0. The first kappa shape index (κ1) is 81.6. The average molecular weight is 1530 g/mol. The number of rotatable bonds is 43. The molecule has 32 nitrogen and oxygen atoms in total. The van der Waals surface area contributed by atoms with Crippen molar-refractivity contribution >= 4 is 125 Å². The molecule has 0 aromatic heterocycles. The first-order valence-electron chi connectivity index (χ1n) is 33.5. The lowest BCUT2D eigenvalue weighted by Gasteiger charge is -2.27. The Balaban J connectivity index is 0.845. The zero-order valence-electron chi connectivity index (χ0n) is 57.4. The number of nitrogens with zero attached hydrogens (tertiary/aromatic N) is 4. The fourth-order valence-corrected chi connectivity index (χ4v) is 13.2. The minimum absolute atomic E-state index is 0.00437. The van der Waals surface area contributed by atoms with Gasteiger partial charge in [-0.15, -0.1) is 23.2 Å². The van der Waals surface area contributed by atoms with Gasteiger partial charge in [0.25, 0.3) is 0 Å². The topological polar surface area (TPSA) is 422 Å². The second-order valence-corrected chi connectivity index (χ2v) is 27.5. The largest absolute Gasteiger partial charge is 0.524 e. The van der Waals surface area contributed by atoms with Gasteiger partial charge >= 0.3 is 27.8 Å². The summed E-state index contributed by atoms with van der Waals surface area (Å²) in [7, 11) is -10.3. The van der Waals surface area contributed by atoms with E-state index in [1.165, 1.54) is 46.2 Å². The van der Waals surface area contributed by atoms with Gasteiger partial charge in [0.15, 0.2) is 0 Å². The molecule has 0 saturated carbocycles. The van der Waals surface area contributed by atoms with Crippen molar-refractivity contribution in [1.29, 1.82) is 0 Å². The molecule has 0 spiro atoms. The number of anilines is 3. The van der Waals surface area contributed by atoms with Crippen LogP contribution in [-0.2, 0) is 77.7 Å². The number of urea groups is 1. The molecule has 10 N–H and O–H groups in total. The number of phosphoric acid groups is 2. The number of primary amides is 1. The number of nitrogens with two attached hydrogens (primary N) is 1. The maximum atomic E-state index is 14.8. The van der Waals surface area contributed by atoms with E-state index in [1.54, 1.807) is 73.4 Å². The fourth-order valence-electron chi connectivity index (χ4n) is 11.8. The van der Waals surface area contributed by atoms with Crippen molar-refractivity contribution in [2.75, 3.05) is 152 Å². The molecule has 4 atom stereocenters. The van der Waals surface area contributed by atoms with Crippen LogP contribution in [0, 0.1) is 5.92 Å². The van der Waals surface area contributed by atoms with Crippen LogP contribution >= 0.6 is 38.8 Å². The molecular formula is C68H87Cl2N9O23P2. The number of carbonyl (C=O) groups is 8. The highest BCUT2D eigenvalue weighted by molar-refractivity contribution is 7.47. The van der Waals surface area contributed by atoms with Gasteiger partial charge in [0.1, 0.15) is 43.3 Å². The third-order valence-corrected chi connectivity index (χ3v) is 18.4. The number of nitrogens with one attached hydrogen (secondary N) is 4. The van der Waals surface area contributed by atoms with Crippen LogP contribution in [0.2, 0.25) is 0 Å². The Morgan fingerprint density at radius 2 is 1.11 bits per heavy atom. The monoisotopic (exact) mass is 1530 g/mol. The van der Waals surface area contributed by atoms with Crippen LogP contribution in [0.25, 0.3) is 21.5 Å². The smallest absolute Gasteiger partial charge is 0.445 e. The molecule has 5 aromatic carbocycles. The predicted molar refractivity (Wildman–Crippen MR) is 382 cm³/mol. The number of hydrogen-bond donors (Lipinski definition) is 9. The molecule has 3 aliphatic rings. The molecule has 566 valence electrons. The van der Waals surface area contributed by atoms with Crippen molar-refractivity contribution < 1.29 is 109 Å². The van der Waals surface area contributed by atoms with E-state index in [0.717, 1.165) is 4.90 Å². The van der Waals surface area contributed by atoms with E-state index >= 15 is 0 Å². The Morgan fingerprint density at radius 3 is 1.55 bits per heavy atom. The standard InChI is InChI=1S/C68H87Cl2N9O23P2/c1-44(2)64(75-58(80)19-23-94-25-27-96-29-31-98-33-34-99-32-30-97-28-26-95-24-22-76-21-8-14-59(76)81)66(85)74-53(13-7-20-72-67(71)86)65(84)73-48-17-15-45(16-18-48)43-100-68(87)77(41-60(82)78-39-46(37-69)62-51-11-5-3-9-49(51)56(35-54(62)78)101-103(88,89)90)42-61(83)79-40-47(38-70)63-52-12-6-4-10-50(52)57(36-55(63)79)102-104(91,92)93/h3-6,8-12,14-18,35-36,44,46-47,53,64H,7,13,19-34,37-43H2,1-2H3,(H,73,84)(H,74,85)(H,75,80)(H3,71,72,86)(H2,88,89,90)(H2,91,92,93). The molecule has 0 radical (unpaired) electrons. The van der Waals surface area contributed by atoms with Gasteiger partial charge in [0, 0.05) is 97.4 Å². The molecule has 9 amide bonds. The molecule has 4 unspecified atom stereocenters. The number of carbonyl (C=O) groups excluding carboxylic acids is 8. The van der Waals surface area contributed by atoms with Gasteiger partial charge in [-0.1, -0.05) is 80.6 Å². The maximum Gasteiger partial charge on any atom is 0.524 e. The second kappa shape index (κ2) is 39.9. The number of alkyl halides is 2. The normalized spacial score (nSPS) is 15.4. The number of phosphoric ester groups is 2. The van der Waals surface area contributed by atoms with Crippen LogP contribution in [0.4, 0.5) is 26.7 Å². The number of hydrogen-bond acceptors (Lipinski definition) is 19. The summed E-state index contributed by atoms with van der Waals surface area (Å²) in [5, 5.41) is 12.3. The van der Waals surface area contributed by atoms with Crippen molar-refractivity contribution in [3.63, 3.8) is 0 Å². The summed E-state index contributed by atoms with van der Waals surface area (Å²) in [6.07, 6.45) is 2.33. The van der Waals surface area contributed by atoms with Gasteiger partial charge in [-0.3, -0.25) is 53.2 Å². The molecule has 0 aliphatic carbocycles. The first-order valence-corrected chi connectivity index (χ1v) is 37.7. The second-order valence-electron chi connectivity index (χ2n) is 24.6. The number of ether oxygens (including phenoxy) is 7. The lowest BCUT2D eigenvalue weighted by Crippen LogP contribution is -2.54.